The SMILES string of the molecule is CNC(C1=COCCC1)c1ccc2nccnc2c1. The van der Waals surface area contributed by atoms with Gasteiger partial charge in [0.15, 0.2) is 0 Å². The number of ether oxygens (including phenoxy) is 1. The summed E-state index contributed by atoms with van der Waals surface area (Å²) < 4.78 is 5.44. The van der Waals surface area contributed by atoms with Gasteiger partial charge in [0, 0.05) is 12.4 Å². The Morgan fingerprint density at radius 1 is 1.21 bits per heavy atom. The molecule has 0 saturated heterocycles. The number of likely N-dealkylation sites (N-methyl/N-ethyl adjacent to an activating group) is 1. The van der Waals surface area contributed by atoms with Crippen molar-refractivity contribution in [3.63, 3.8) is 0 Å². The van der Waals surface area contributed by atoms with Gasteiger partial charge in [0.2, 0.25) is 0 Å². The van der Waals surface area contributed by atoms with Crippen molar-refractivity contribution in [1.82, 2.24) is 15.3 Å². The Morgan fingerprint density at radius 3 is 2.79 bits per heavy atom. The zero-order valence-corrected chi connectivity index (χ0v) is 11.0. The van der Waals surface area contributed by atoms with Gasteiger partial charge in [-0.25, -0.2) is 0 Å². The van der Waals surface area contributed by atoms with E-state index in [0.29, 0.717) is 0 Å². The third kappa shape index (κ3) is 2.44. The van der Waals surface area contributed by atoms with E-state index in [0.717, 1.165) is 30.5 Å². The highest BCUT2D eigenvalue weighted by Crippen LogP contribution is 2.28. The highest BCUT2D eigenvalue weighted by molar-refractivity contribution is 5.74. The zero-order chi connectivity index (χ0) is 13.1. The monoisotopic (exact) mass is 255 g/mol. The fourth-order valence-corrected chi connectivity index (χ4v) is 2.52. The van der Waals surface area contributed by atoms with Gasteiger partial charge in [-0.2, -0.15) is 0 Å². The molecular weight excluding hydrogens is 238 g/mol. The lowest BCUT2D eigenvalue weighted by atomic mass is 9.95. The van der Waals surface area contributed by atoms with Gasteiger partial charge in [-0.3, -0.25) is 9.97 Å². The summed E-state index contributed by atoms with van der Waals surface area (Å²) in [5.41, 5.74) is 4.34. The van der Waals surface area contributed by atoms with Crippen LogP contribution in [0, 0.1) is 0 Å². The van der Waals surface area contributed by atoms with E-state index in [9.17, 15) is 0 Å². The van der Waals surface area contributed by atoms with Crippen LogP contribution in [0.15, 0.2) is 42.4 Å². The number of hydrogen-bond donors (Lipinski definition) is 1. The lowest BCUT2D eigenvalue weighted by Gasteiger charge is -2.23. The van der Waals surface area contributed by atoms with E-state index in [4.69, 9.17) is 4.74 Å². The number of nitrogens with zero attached hydrogens (tertiary/aromatic N) is 2. The average molecular weight is 255 g/mol. The molecule has 1 N–H and O–H groups in total. The number of fused-ring (bicyclic) bond motifs is 1. The van der Waals surface area contributed by atoms with Gasteiger partial charge >= 0.3 is 0 Å². The molecule has 2 aromatic rings. The molecule has 0 spiro atoms. The van der Waals surface area contributed by atoms with E-state index in [-0.39, 0.29) is 6.04 Å². The molecule has 2 heterocycles. The maximum absolute atomic E-state index is 5.44. The molecule has 1 aliphatic rings. The molecule has 3 rings (SSSR count). The van der Waals surface area contributed by atoms with E-state index in [2.05, 4.69) is 27.4 Å². The lowest BCUT2D eigenvalue weighted by Crippen LogP contribution is -2.20. The summed E-state index contributed by atoms with van der Waals surface area (Å²) >= 11 is 0. The van der Waals surface area contributed by atoms with E-state index in [1.807, 2.05) is 19.4 Å². The third-order valence-electron chi connectivity index (χ3n) is 3.45. The van der Waals surface area contributed by atoms with E-state index < -0.39 is 0 Å². The minimum atomic E-state index is 0.187. The summed E-state index contributed by atoms with van der Waals surface area (Å²) in [5, 5.41) is 3.36. The van der Waals surface area contributed by atoms with Crippen LogP contribution in [0.3, 0.4) is 0 Å². The predicted molar refractivity (Wildman–Crippen MR) is 74.6 cm³/mol. The summed E-state index contributed by atoms with van der Waals surface area (Å²) in [6.07, 6.45) is 7.49. The lowest BCUT2D eigenvalue weighted by molar-refractivity contribution is 0.220. The average Bonchev–Trinajstić information content (AvgIpc) is 2.49. The summed E-state index contributed by atoms with van der Waals surface area (Å²) in [7, 11) is 1.97. The molecule has 4 nitrogen and oxygen atoms in total. The van der Waals surface area contributed by atoms with Crippen LogP contribution in [0.25, 0.3) is 11.0 Å². The topological polar surface area (TPSA) is 47.0 Å². The molecule has 1 aliphatic heterocycles. The standard InChI is InChI=1S/C15H17N3O/c1-16-15(12-3-2-8-19-10-12)11-4-5-13-14(9-11)18-7-6-17-13/h4-7,9-10,15-16H,2-3,8H2,1H3. The minimum Gasteiger partial charge on any atom is -0.501 e. The third-order valence-corrected chi connectivity index (χ3v) is 3.45. The van der Waals surface area contributed by atoms with Crippen LogP contribution in [0.4, 0.5) is 0 Å². The number of hydrogen-bond acceptors (Lipinski definition) is 4. The molecule has 0 aliphatic carbocycles. The summed E-state index contributed by atoms with van der Waals surface area (Å²) in [4.78, 5) is 8.66. The van der Waals surface area contributed by atoms with Crippen LogP contribution >= 0.6 is 0 Å². The Morgan fingerprint density at radius 2 is 2.05 bits per heavy atom. The zero-order valence-electron chi connectivity index (χ0n) is 11.0. The van der Waals surface area contributed by atoms with Crippen LogP contribution in [0.5, 0.6) is 0 Å². The van der Waals surface area contributed by atoms with Crippen molar-refractivity contribution in [2.45, 2.75) is 18.9 Å². The maximum Gasteiger partial charge on any atom is 0.0890 e. The molecule has 0 saturated carbocycles. The molecule has 0 bridgehead atoms. The second-order valence-electron chi connectivity index (χ2n) is 4.69. The van der Waals surface area contributed by atoms with Crippen LogP contribution < -0.4 is 5.32 Å². The van der Waals surface area contributed by atoms with Gasteiger partial charge < -0.3 is 10.1 Å². The first-order valence-corrected chi connectivity index (χ1v) is 6.57. The van der Waals surface area contributed by atoms with Crippen molar-refractivity contribution >= 4 is 11.0 Å². The smallest absolute Gasteiger partial charge is 0.0890 e. The molecule has 98 valence electrons. The fraction of sp³-hybridized carbons (Fsp3) is 0.333. The number of benzene rings is 1. The van der Waals surface area contributed by atoms with Gasteiger partial charge in [-0.05, 0) is 43.2 Å². The van der Waals surface area contributed by atoms with Crippen LogP contribution in [0.2, 0.25) is 0 Å². The number of nitrogens with one attached hydrogen (secondary N) is 1. The van der Waals surface area contributed by atoms with Gasteiger partial charge in [-0.1, -0.05) is 6.07 Å². The molecule has 19 heavy (non-hydrogen) atoms. The Balaban J connectivity index is 1.98. The van der Waals surface area contributed by atoms with Crippen LogP contribution in [0.1, 0.15) is 24.4 Å². The molecule has 1 aromatic heterocycles. The molecule has 4 heteroatoms. The van der Waals surface area contributed by atoms with Crippen molar-refractivity contribution in [2.24, 2.45) is 0 Å². The normalized spacial score (nSPS) is 16.8. The van der Waals surface area contributed by atoms with Crippen LogP contribution in [-0.2, 0) is 4.74 Å². The molecule has 0 amide bonds. The van der Waals surface area contributed by atoms with Crippen molar-refractivity contribution in [3.8, 4) is 0 Å². The van der Waals surface area contributed by atoms with Gasteiger partial charge in [-0.15, -0.1) is 0 Å². The highest BCUT2D eigenvalue weighted by atomic mass is 16.5. The summed E-state index contributed by atoms with van der Waals surface area (Å²) in [6, 6.07) is 6.41. The Labute approximate surface area is 112 Å². The Kier molecular flexibility index (Phi) is 3.42. The van der Waals surface area contributed by atoms with E-state index in [1.165, 1.54) is 11.1 Å². The molecular formula is C15H17N3O. The largest absolute Gasteiger partial charge is 0.501 e. The first kappa shape index (κ1) is 12.1. The highest BCUT2D eigenvalue weighted by Gasteiger charge is 2.17. The number of aromatic nitrogens is 2. The summed E-state index contributed by atoms with van der Waals surface area (Å²) in [5.74, 6) is 0. The van der Waals surface area contributed by atoms with Crippen molar-refractivity contribution in [2.75, 3.05) is 13.7 Å². The van der Waals surface area contributed by atoms with E-state index in [1.54, 1.807) is 12.4 Å². The molecule has 0 fully saturated rings. The second kappa shape index (κ2) is 5.36. The van der Waals surface area contributed by atoms with Crippen molar-refractivity contribution in [1.29, 1.82) is 0 Å². The molecule has 0 radical (unpaired) electrons. The van der Waals surface area contributed by atoms with Gasteiger partial charge in [0.05, 0.1) is 29.9 Å². The quantitative estimate of drug-likeness (QED) is 0.915. The fourth-order valence-electron chi connectivity index (χ4n) is 2.52. The summed E-state index contributed by atoms with van der Waals surface area (Å²) in [6.45, 7) is 0.823. The Bertz CT molecular complexity index is 609. The van der Waals surface area contributed by atoms with E-state index >= 15 is 0 Å². The van der Waals surface area contributed by atoms with Crippen LogP contribution in [-0.4, -0.2) is 23.6 Å². The first-order chi connectivity index (χ1) is 9.38. The minimum absolute atomic E-state index is 0.187. The molecule has 1 atom stereocenters. The van der Waals surface area contributed by atoms with Crippen molar-refractivity contribution in [3.05, 3.63) is 48.0 Å². The molecule has 1 aromatic carbocycles. The molecule has 1 unspecified atom stereocenters. The van der Waals surface area contributed by atoms with Crippen molar-refractivity contribution < 1.29 is 4.74 Å². The van der Waals surface area contributed by atoms with Gasteiger partial charge in [0.25, 0.3) is 0 Å². The predicted octanol–water partition coefficient (Wildman–Crippen LogP) is 2.58. The Hall–Kier alpha value is -1.94. The first-order valence-electron chi connectivity index (χ1n) is 6.57. The maximum atomic E-state index is 5.44. The number of rotatable bonds is 3. The van der Waals surface area contributed by atoms with Gasteiger partial charge in [0.1, 0.15) is 0 Å². The second-order valence-corrected chi connectivity index (χ2v) is 4.69.